The summed E-state index contributed by atoms with van der Waals surface area (Å²) >= 11 is 10.1. The van der Waals surface area contributed by atoms with Crippen molar-refractivity contribution in [2.75, 3.05) is 30.3 Å². The SMILES string of the molecule is CC1(C(=O)NCCS)CCN(c2ccc(Cl)cc2C#N)CC1. The second-order valence-electron chi connectivity index (χ2n) is 5.80. The van der Waals surface area contributed by atoms with E-state index in [0.717, 1.165) is 31.6 Å². The van der Waals surface area contributed by atoms with E-state index in [1.165, 1.54) is 0 Å². The predicted octanol–water partition coefficient (Wildman–Crippen LogP) is 2.86. The first-order valence-electron chi connectivity index (χ1n) is 7.34. The number of anilines is 1. The average molecular weight is 338 g/mol. The zero-order chi connectivity index (χ0) is 16.2. The van der Waals surface area contributed by atoms with Gasteiger partial charge < -0.3 is 10.2 Å². The molecule has 1 aliphatic heterocycles. The smallest absolute Gasteiger partial charge is 0.226 e. The molecule has 118 valence electrons. The zero-order valence-corrected chi connectivity index (χ0v) is 14.3. The Hall–Kier alpha value is -1.38. The number of nitrogens with zero attached hydrogens (tertiary/aromatic N) is 2. The quantitative estimate of drug-likeness (QED) is 0.831. The molecule has 22 heavy (non-hydrogen) atoms. The number of nitrogens with one attached hydrogen (secondary N) is 1. The molecule has 1 aromatic carbocycles. The molecule has 1 aromatic rings. The normalized spacial score (nSPS) is 16.9. The summed E-state index contributed by atoms with van der Waals surface area (Å²) in [6.07, 6.45) is 1.53. The van der Waals surface area contributed by atoms with Gasteiger partial charge in [0.25, 0.3) is 0 Å². The van der Waals surface area contributed by atoms with Gasteiger partial charge in [-0.25, -0.2) is 0 Å². The van der Waals surface area contributed by atoms with Crippen LogP contribution in [0.5, 0.6) is 0 Å². The van der Waals surface area contributed by atoms with Gasteiger partial charge in [0.05, 0.1) is 11.3 Å². The number of benzene rings is 1. The summed E-state index contributed by atoms with van der Waals surface area (Å²) in [5.74, 6) is 0.738. The molecule has 4 nitrogen and oxygen atoms in total. The zero-order valence-electron chi connectivity index (χ0n) is 12.6. The maximum atomic E-state index is 12.3. The van der Waals surface area contributed by atoms with E-state index in [4.69, 9.17) is 11.6 Å². The maximum absolute atomic E-state index is 12.3. The number of amides is 1. The molecule has 1 aliphatic rings. The fourth-order valence-corrected chi connectivity index (χ4v) is 3.01. The van der Waals surface area contributed by atoms with Crippen molar-refractivity contribution in [1.82, 2.24) is 5.32 Å². The summed E-state index contributed by atoms with van der Waals surface area (Å²) in [6.45, 7) is 4.10. The van der Waals surface area contributed by atoms with E-state index in [1.807, 2.05) is 13.0 Å². The van der Waals surface area contributed by atoms with Crippen LogP contribution in [0.2, 0.25) is 5.02 Å². The van der Waals surface area contributed by atoms with Crippen LogP contribution in [0.25, 0.3) is 0 Å². The molecule has 1 fully saturated rings. The molecule has 0 bridgehead atoms. The van der Waals surface area contributed by atoms with Gasteiger partial charge in [-0.3, -0.25) is 4.79 Å². The molecule has 0 saturated carbocycles. The van der Waals surface area contributed by atoms with E-state index in [9.17, 15) is 10.1 Å². The van der Waals surface area contributed by atoms with Gasteiger partial charge in [-0.2, -0.15) is 17.9 Å². The van der Waals surface area contributed by atoms with Gasteiger partial charge >= 0.3 is 0 Å². The number of carbonyl (C=O) groups excluding carboxylic acids is 1. The number of hydrogen-bond donors (Lipinski definition) is 2. The Morgan fingerprint density at radius 2 is 2.18 bits per heavy atom. The highest BCUT2D eigenvalue weighted by Gasteiger charge is 2.37. The molecule has 1 N–H and O–H groups in total. The first-order valence-corrected chi connectivity index (χ1v) is 8.35. The van der Waals surface area contributed by atoms with Crippen LogP contribution in [0.3, 0.4) is 0 Å². The second kappa shape index (κ2) is 7.26. The Kier molecular flexibility index (Phi) is 5.60. The van der Waals surface area contributed by atoms with Crippen LogP contribution in [0.1, 0.15) is 25.3 Å². The van der Waals surface area contributed by atoms with Gasteiger partial charge in [-0.1, -0.05) is 18.5 Å². The molecule has 0 unspecified atom stereocenters. The number of rotatable bonds is 4. The summed E-state index contributed by atoms with van der Waals surface area (Å²) in [5.41, 5.74) is 1.12. The van der Waals surface area contributed by atoms with Gasteiger partial charge in [0.1, 0.15) is 6.07 Å². The van der Waals surface area contributed by atoms with Crippen LogP contribution < -0.4 is 10.2 Å². The highest BCUT2D eigenvalue weighted by Crippen LogP contribution is 2.34. The Bertz CT molecular complexity index is 592. The van der Waals surface area contributed by atoms with Crippen LogP contribution >= 0.6 is 24.2 Å². The highest BCUT2D eigenvalue weighted by atomic mass is 35.5. The number of thiol groups is 1. The maximum Gasteiger partial charge on any atom is 0.226 e. The fraction of sp³-hybridized carbons (Fsp3) is 0.500. The molecule has 0 aliphatic carbocycles. The highest BCUT2D eigenvalue weighted by molar-refractivity contribution is 7.80. The minimum Gasteiger partial charge on any atom is -0.370 e. The average Bonchev–Trinajstić information content (AvgIpc) is 2.53. The van der Waals surface area contributed by atoms with E-state index in [1.54, 1.807) is 12.1 Å². The first kappa shape index (κ1) is 17.0. The third-order valence-corrected chi connectivity index (χ3v) is 4.69. The monoisotopic (exact) mass is 337 g/mol. The molecular weight excluding hydrogens is 318 g/mol. The Morgan fingerprint density at radius 1 is 1.50 bits per heavy atom. The third-order valence-electron chi connectivity index (χ3n) is 4.23. The lowest BCUT2D eigenvalue weighted by atomic mass is 9.79. The summed E-state index contributed by atoms with van der Waals surface area (Å²) in [4.78, 5) is 14.4. The van der Waals surface area contributed by atoms with E-state index in [-0.39, 0.29) is 11.3 Å². The molecule has 6 heteroatoms. The molecular formula is C16H20ClN3OS. The summed E-state index contributed by atoms with van der Waals surface area (Å²) < 4.78 is 0. The fourth-order valence-electron chi connectivity index (χ4n) is 2.72. The minimum absolute atomic E-state index is 0.0952. The van der Waals surface area contributed by atoms with Gasteiger partial charge in [0.2, 0.25) is 5.91 Å². The van der Waals surface area contributed by atoms with Crippen molar-refractivity contribution in [2.45, 2.75) is 19.8 Å². The van der Waals surface area contributed by atoms with E-state index >= 15 is 0 Å². The minimum atomic E-state index is -0.349. The van der Waals surface area contributed by atoms with Crippen molar-refractivity contribution in [3.05, 3.63) is 28.8 Å². The summed E-state index contributed by atoms with van der Waals surface area (Å²) in [7, 11) is 0. The van der Waals surface area contributed by atoms with E-state index < -0.39 is 0 Å². The lowest BCUT2D eigenvalue weighted by Gasteiger charge is -2.39. The summed E-state index contributed by atoms with van der Waals surface area (Å²) in [6, 6.07) is 7.55. The largest absolute Gasteiger partial charge is 0.370 e. The standard InChI is InChI=1S/C16H20ClN3OS/c1-16(15(21)19-6-9-22)4-7-20(8-5-16)14-3-2-13(17)10-12(14)11-18/h2-3,10,22H,4-9H2,1H3,(H,19,21). The number of carbonyl (C=O) groups is 1. The van der Waals surface area contributed by atoms with Crippen LogP contribution in [-0.4, -0.2) is 31.3 Å². The van der Waals surface area contributed by atoms with Gasteiger partial charge in [-0.15, -0.1) is 0 Å². The lowest BCUT2D eigenvalue weighted by molar-refractivity contribution is -0.131. The van der Waals surface area contributed by atoms with Crippen molar-refractivity contribution in [2.24, 2.45) is 5.41 Å². The summed E-state index contributed by atoms with van der Waals surface area (Å²) in [5, 5.41) is 12.7. The molecule has 1 amide bonds. The molecule has 0 radical (unpaired) electrons. The number of nitriles is 1. The lowest BCUT2D eigenvalue weighted by Crippen LogP contribution is -2.47. The van der Waals surface area contributed by atoms with Crippen LogP contribution in [0.4, 0.5) is 5.69 Å². The van der Waals surface area contributed by atoms with Crippen LogP contribution in [-0.2, 0) is 4.79 Å². The van der Waals surface area contributed by atoms with Crippen molar-refractivity contribution >= 4 is 35.8 Å². The molecule has 0 aromatic heterocycles. The van der Waals surface area contributed by atoms with E-state index in [2.05, 4.69) is 28.9 Å². The second-order valence-corrected chi connectivity index (χ2v) is 6.68. The first-order chi connectivity index (χ1) is 10.5. The molecule has 1 heterocycles. The van der Waals surface area contributed by atoms with Gasteiger partial charge in [-0.05, 0) is 31.0 Å². The number of hydrogen-bond acceptors (Lipinski definition) is 4. The Balaban J connectivity index is 2.06. The van der Waals surface area contributed by atoms with Crippen molar-refractivity contribution in [1.29, 1.82) is 5.26 Å². The number of piperidine rings is 1. The van der Waals surface area contributed by atoms with E-state index in [0.29, 0.717) is 22.9 Å². The molecule has 0 atom stereocenters. The van der Waals surface area contributed by atoms with Crippen molar-refractivity contribution in [3.63, 3.8) is 0 Å². The molecule has 2 rings (SSSR count). The molecule has 0 spiro atoms. The molecule has 1 saturated heterocycles. The van der Waals surface area contributed by atoms with Crippen LogP contribution in [0, 0.1) is 16.7 Å². The Labute approximate surface area is 141 Å². The van der Waals surface area contributed by atoms with Gasteiger partial charge in [0.15, 0.2) is 0 Å². The van der Waals surface area contributed by atoms with Gasteiger partial charge in [0, 0.05) is 35.8 Å². The topological polar surface area (TPSA) is 56.1 Å². The third kappa shape index (κ3) is 3.68. The van der Waals surface area contributed by atoms with Crippen molar-refractivity contribution in [3.8, 4) is 6.07 Å². The van der Waals surface area contributed by atoms with Crippen LogP contribution in [0.15, 0.2) is 18.2 Å². The predicted molar refractivity (Wildman–Crippen MR) is 92.6 cm³/mol. The number of halogens is 1. The van der Waals surface area contributed by atoms with Crippen molar-refractivity contribution < 1.29 is 4.79 Å². The Morgan fingerprint density at radius 3 is 2.77 bits per heavy atom.